The Kier molecular flexibility index (Phi) is 65.8. The van der Waals surface area contributed by atoms with Gasteiger partial charge in [0.15, 0.2) is 0 Å². The Hall–Kier alpha value is 4.06. The summed E-state index contributed by atoms with van der Waals surface area (Å²) >= 11 is -68.9. The minimum absolute atomic E-state index is 5.62. The molecule has 0 bridgehead atoms. The van der Waals surface area contributed by atoms with Crippen molar-refractivity contribution in [1.29, 1.82) is 0 Å². The zero-order chi connectivity index (χ0) is 54.0. The molecule has 0 fully saturated rings. The van der Waals surface area contributed by atoms with E-state index in [0.29, 0.717) is 0 Å². The third kappa shape index (κ3) is 14000. The van der Waals surface area contributed by atoms with Gasteiger partial charge in [0.2, 0.25) is 0 Å². The summed E-state index contributed by atoms with van der Waals surface area (Å²) in [5.41, 5.74) is 0. The van der Waals surface area contributed by atoms with Crippen LogP contribution in [-0.2, 0) is 40.5 Å². The summed E-state index contributed by atoms with van der Waals surface area (Å²) < 4.78 is 399. The molecule has 0 aliphatic rings. The van der Waals surface area contributed by atoms with E-state index in [2.05, 4.69) is 0 Å². The average Bonchev–Trinajstić information content (AvgIpc) is 2.48. The molecule has 60 heavy (non-hydrogen) atoms. The van der Waals surface area contributed by atoms with Crippen molar-refractivity contribution in [1.82, 2.24) is 0 Å². The molecule has 0 saturated heterocycles. The van der Waals surface area contributed by atoms with Gasteiger partial charge in [-0.15, -0.1) is 0 Å². The van der Waals surface area contributed by atoms with Gasteiger partial charge in [0.25, 0.3) is 0 Å². The summed E-state index contributed by atoms with van der Waals surface area (Å²) in [4.78, 5) is 0. The fourth-order valence-electron chi connectivity index (χ4n) is 0. The first-order valence-corrected chi connectivity index (χ1v) is 53.7. The van der Waals surface area contributed by atoms with Crippen LogP contribution in [0.2, 0.25) is 0 Å². The zero-order valence-corrected chi connectivity index (χ0v) is 52.1. The van der Waals surface area contributed by atoms with Gasteiger partial charge < -0.3 is 0 Å². The van der Waals surface area contributed by atoms with Crippen molar-refractivity contribution in [2.45, 2.75) is 0 Å². The van der Waals surface area contributed by atoms with Gasteiger partial charge in [0, 0.05) is 0 Å². The molecule has 384 valence electrons. The van der Waals surface area contributed by atoms with Crippen LogP contribution >= 0.6 is 0 Å². The Balaban J connectivity index is -0.0000000419. The molecule has 0 heterocycles. The van der Waals surface area contributed by atoms with Crippen molar-refractivity contribution < 1.29 is 168 Å². The molecule has 0 rings (SSSR count). The Morgan fingerprint density at radius 3 is 0.217 bits per heavy atom. The van der Waals surface area contributed by atoms with Crippen molar-refractivity contribution in [2.75, 3.05) is 0 Å². The van der Waals surface area contributed by atoms with E-state index in [1.807, 2.05) is 0 Å². The molecule has 60 heteroatoms. The fourth-order valence-corrected chi connectivity index (χ4v) is 0. The molecule has 0 saturated carbocycles. The monoisotopic (exact) mass is 2000 g/mol. The summed E-state index contributed by atoms with van der Waals surface area (Å²) in [6, 6.07) is 0. The predicted molar refractivity (Wildman–Crippen MR) is 144 cm³/mol. The van der Waals surface area contributed by atoms with Crippen molar-refractivity contribution in [3.05, 3.63) is 0 Å². The number of rotatable bonds is 0. The fraction of sp³-hybridized carbons (Fsp3) is 0. The van der Waals surface area contributed by atoms with Crippen molar-refractivity contribution in [2.24, 2.45) is 0 Å². The summed E-state index contributed by atoms with van der Waals surface area (Å²) in [5, 5.41) is 0. The van der Waals surface area contributed by atoms with Gasteiger partial charge in [-0.3, -0.25) is 0 Å². The topological polar surface area (TPSA) is 690 Å². The number of halogens is 12. The quantitative estimate of drug-likeness (QED) is 0.0791. The van der Waals surface area contributed by atoms with E-state index in [1.54, 1.807) is 0 Å². The van der Waals surface area contributed by atoms with Gasteiger partial charge in [0.05, 0.1) is 0 Å². The standard InChI is InChI=1S/6AsFH2O3.6FH.12H2O.6O.6Sb/c6*2-1(3,4)5;;;;;;;;;;;;;;;;;;;;;;;;;;;;;;/h6*(H2,3,4,5);6*1H;12*1H2;;;;;;;;;;;;/q;;;;;;;;;;;;;;;;;;;;;;;;;;;;;;6*+3/p-18. The van der Waals surface area contributed by atoms with Gasteiger partial charge in [-0.25, -0.2) is 0 Å². The molecule has 0 spiro atoms. The van der Waals surface area contributed by atoms with E-state index >= 15 is 0 Å². The molecule has 0 atom stereocenters. The summed E-state index contributed by atoms with van der Waals surface area (Å²) in [6.45, 7) is 0. The molecule has 0 aliphatic heterocycles. The SMILES string of the molecule is O=[As](O)(O)F.O=[As](O)(O)F.O=[As](O)(O)F.O=[As](O)(O)F.O=[As](O)(O)F.O=[As](O)(O)F.[O]=[Sb]([OH])([OH])[F].[O]=[Sb]([OH])([OH])[F].[O]=[Sb]([OH])([OH])[F].[O]=[Sb]([OH])([OH])[F].[O]=[Sb]([OH])([OH])[F].[O]=[Sb]([OH])([OH])[F]. The van der Waals surface area contributed by atoms with Crippen LogP contribution in [0, 0.1) is 0 Å². The van der Waals surface area contributed by atoms with Crippen LogP contribution in [0.1, 0.15) is 0 Å². The van der Waals surface area contributed by atoms with E-state index < -0.39 is 209 Å². The molecule has 36 nitrogen and oxygen atoms in total. The molecule has 0 aliphatic carbocycles. The van der Waals surface area contributed by atoms with Crippen molar-refractivity contribution in [3.63, 3.8) is 0 Å². The van der Waals surface area contributed by atoms with Crippen LogP contribution < -0.4 is 0 Å². The first-order valence-electron chi connectivity index (χ1n) is 9.02. The van der Waals surface area contributed by atoms with Crippen molar-refractivity contribution >= 4 is 209 Å². The molecule has 0 aromatic rings. The van der Waals surface area contributed by atoms with Crippen LogP contribution in [0.4, 0.5) is 37.7 Å². The normalized spacial score (nSPS) is 11.8. The molecule has 0 aromatic heterocycles. The van der Waals surface area contributed by atoms with E-state index in [9.17, 15) is 37.7 Å². The maximum atomic E-state index is 10.4. The van der Waals surface area contributed by atoms with E-state index in [-0.39, 0.29) is 0 Å². The Labute approximate surface area is 371 Å². The van der Waals surface area contributed by atoms with Crippen LogP contribution in [0.5, 0.6) is 0 Å². The summed E-state index contributed by atoms with van der Waals surface area (Å²) in [6.07, 6.45) is 0. The summed E-state index contributed by atoms with van der Waals surface area (Å²) in [7, 11) is 0. The van der Waals surface area contributed by atoms with Crippen LogP contribution in [-0.4, -0.2) is 299 Å². The Morgan fingerprint density at radius 1 is 0.217 bits per heavy atom. The van der Waals surface area contributed by atoms with E-state index in [0.717, 1.165) is 0 Å². The minimum atomic E-state index is -5.85. The third-order valence-electron chi connectivity index (χ3n) is 0. The van der Waals surface area contributed by atoms with Crippen molar-refractivity contribution in [3.8, 4) is 0 Å². The van der Waals surface area contributed by atoms with E-state index in [4.69, 9.17) is 130 Å². The molecular formula is H24As6F12O36Sb6. The van der Waals surface area contributed by atoms with Crippen LogP contribution in [0.3, 0.4) is 0 Å². The average molecular weight is 2010 g/mol. The van der Waals surface area contributed by atoms with E-state index in [1.165, 1.54) is 0 Å². The van der Waals surface area contributed by atoms with Gasteiger partial charge in [-0.1, -0.05) is 0 Å². The molecular weight excluding hydrogens is 1980 g/mol. The second-order valence-corrected chi connectivity index (χ2v) is 33.8. The Morgan fingerprint density at radius 2 is 0.217 bits per heavy atom. The third-order valence-corrected chi connectivity index (χ3v) is 0. The van der Waals surface area contributed by atoms with Crippen LogP contribution in [0.25, 0.3) is 0 Å². The zero-order valence-electron chi connectivity index (χ0n) is 25.5. The van der Waals surface area contributed by atoms with Gasteiger partial charge in [-0.05, 0) is 0 Å². The van der Waals surface area contributed by atoms with Gasteiger partial charge in [0.1, 0.15) is 0 Å². The number of hydrogen-bond donors (Lipinski definition) is 24. The van der Waals surface area contributed by atoms with Gasteiger partial charge in [-0.2, -0.15) is 0 Å². The molecule has 0 amide bonds. The number of hydrogen-bond acceptors (Lipinski definition) is 12. The summed E-state index contributed by atoms with van der Waals surface area (Å²) in [5.74, 6) is 0. The second kappa shape index (κ2) is 42.0. The van der Waals surface area contributed by atoms with Crippen LogP contribution in [0.15, 0.2) is 0 Å². The van der Waals surface area contributed by atoms with Gasteiger partial charge >= 0.3 is 377 Å². The molecule has 0 radical (unpaired) electrons. The maximum absolute atomic E-state index is 10.4. The molecule has 0 unspecified atom stereocenters. The predicted octanol–water partition coefficient (Wildman–Crippen LogP) is -14.3. The first kappa shape index (κ1) is 94.0. The molecule has 24 N–H and O–H groups in total. The first-order chi connectivity index (χ1) is 24.0. The second-order valence-electron chi connectivity index (χ2n) is 5.68. The molecule has 0 aromatic carbocycles. The Bertz CT molecular complexity index is 1080.